The van der Waals surface area contributed by atoms with Crippen molar-refractivity contribution in [1.29, 1.82) is 0 Å². The Kier molecular flexibility index (Phi) is 4.17. The lowest BCUT2D eigenvalue weighted by atomic mass is 10.2. The van der Waals surface area contributed by atoms with Crippen molar-refractivity contribution in [2.75, 3.05) is 17.7 Å². The normalized spacial score (nSPS) is 10.5. The van der Waals surface area contributed by atoms with Gasteiger partial charge in [-0.3, -0.25) is 0 Å². The molecule has 0 saturated carbocycles. The topological polar surface area (TPSA) is 29.3 Å². The Hall–Kier alpha value is -1.45. The van der Waals surface area contributed by atoms with E-state index in [0.717, 1.165) is 11.3 Å². The number of benzene rings is 2. The predicted octanol–water partition coefficient (Wildman–Crippen LogP) is 4.35. The molecule has 0 saturated heterocycles. The second-order valence-corrected chi connectivity index (χ2v) is 5.12. The van der Waals surface area contributed by atoms with E-state index in [-0.39, 0.29) is 5.82 Å². The first-order valence-corrected chi connectivity index (χ1v) is 6.43. The highest BCUT2D eigenvalue weighted by atomic mass is 35.5. The van der Waals surface area contributed by atoms with Gasteiger partial charge in [0.25, 0.3) is 0 Å². The molecule has 0 radical (unpaired) electrons. The minimum absolute atomic E-state index is 0.266. The molecule has 0 unspecified atom stereocenters. The van der Waals surface area contributed by atoms with Gasteiger partial charge >= 0.3 is 0 Å². The summed E-state index contributed by atoms with van der Waals surface area (Å²) in [7, 11) is 1.87. The van der Waals surface area contributed by atoms with Crippen molar-refractivity contribution >= 4 is 34.6 Å². The molecule has 19 heavy (non-hydrogen) atoms. The molecule has 5 heteroatoms. The van der Waals surface area contributed by atoms with Crippen LogP contribution < -0.4 is 10.6 Å². The second-order valence-electron chi connectivity index (χ2n) is 4.31. The second kappa shape index (κ2) is 5.68. The molecule has 0 fully saturated rings. The molecule has 2 aromatic carbocycles. The quantitative estimate of drug-likeness (QED) is 0.854. The van der Waals surface area contributed by atoms with Gasteiger partial charge in [0.2, 0.25) is 0 Å². The molecule has 100 valence electrons. The van der Waals surface area contributed by atoms with Crippen molar-refractivity contribution in [3.63, 3.8) is 0 Å². The predicted molar refractivity (Wildman–Crippen MR) is 79.4 cm³/mol. The zero-order chi connectivity index (χ0) is 14.0. The summed E-state index contributed by atoms with van der Waals surface area (Å²) in [5.41, 5.74) is 7.76. The molecule has 0 aromatic heterocycles. The monoisotopic (exact) mass is 298 g/mol. The van der Waals surface area contributed by atoms with Gasteiger partial charge < -0.3 is 10.6 Å². The summed E-state index contributed by atoms with van der Waals surface area (Å²) in [6.07, 6.45) is 0. The molecule has 2 nitrogen and oxygen atoms in total. The summed E-state index contributed by atoms with van der Waals surface area (Å²) >= 11 is 12.0. The molecule has 0 bridgehead atoms. The fourth-order valence-electron chi connectivity index (χ4n) is 1.81. The van der Waals surface area contributed by atoms with Crippen molar-refractivity contribution in [2.24, 2.45) is 0 Å². The van der Waals surface area contributed by atoms with E-state index in [1.807, 2.05) is 18.0 Å². The number of halogens is 3. The van der Waals surface area contributed by atoms with Crippen LogP contribution in [0, 0.1) is 5.82 Å². The van der Waals surface area contributed by atoms with Crippen molar-refractivity contribution < 1.29 is 4.39 Å². The number of nitrogens with zero attached hydrogens (tertiary/aromatic N) is 1. The van der Waals surface area contributed by atoms with Crippen molar-refractivity contribution in [1.82, 2.24) is 0 Å². The standard InChI is InChI=1S/C14H13Cl2FN2/c1-19(11-4-2-3-10(17)7-11)8-9-5-12(15)14(18)13(16)6-9/h2-7H,8,18H2,1H3. The lowest BCUT2D eigenvalue weighted by Gasteiger charge is -2.20. The van der Waals surface area contributed by atoms with E-state index < -0.39 is 0 Å². The summed E-state index contributed by atoms with van der Waals surface area (Å²) in [4.78, 5) is 1.90. The van der Waals surface area contributed by atoms with E-state index in [1.165, 1.54) is 12.1 Å². The number of nitrogen functional groups attached to an aromatic ring is 1. The third-order valence-electron chi connectivity index (χ3n) is 2.81. The molecule has 0 aliphatic carbocycles. The van der Waals surface area contributed by atoms with Gasteiger partial charge in [-0.1, -0.05) is 29.3 Å². The van der Waals surface area contributed by atoms with Gasteiger partial charge in [0.1, 0.15) is 5.82 Å². The van der Waals surface area contributed by atoms with E-state index in [2.05, 4.69) is 0 Å². The average Bonchev–Trinajstić information content (AvgIpc) is 2.36. The third kappa shape index (κ3) is 3.31. The molecule has 0 aliphatic rings. The molecule has 2 N–H and O–H groups in total. The summed E-state index contributed by atoms with van der Waals surface area (Å²) in [6, 6.07) is 9.92. The van der Waals surface area contributed by atoms with Gasteiger partial charge in [0, 0.05) is 19.3 Å². The van der Waals surface area contributed by atoms with Gasteiger partial charge in [-0.05, 0) is 35.9 Å². The molecule has 0 atom stereocenters. The third-order valence-corrected chi connectivity index (χ3v) is 3.43. The number of hydrogen-bond donors (Lipinski definition) is 1. The maximum Gasteiger partial charge on any atom is 0.125 e. The van der Waals surface area contributed by atoms with Gasteiger partial charge in [0.15, 0.2) is 0 Å². The maximum absolute atomic E-state index is 13.2. The van der Waals surface area contributed by atoms with Crippen LogP contribution in [0.5, 0.6) is 0 Å². The number of nitrogens with two attached hydrogens (primary N) is 1. The van der Waals surface area contributed by atoms with Crippen LogP contribution in [0.25, 0.3) is 0 Å². The Morgan fingerprint density at radius 3 is 2.37 bits per heavy atom. The van der Waals surface area contributed by atoms with Crippen molar-refractivity contribution in [3.8, 4) is 0 Å². The Bertz CT molecular complexity index is 579. The minimum atomic E-state index is -0.266. The number of hydrogen-bond acceptors (Lipinski definition) is 2. The molecule has 0 heterocycles. The molecule has 0 aliphatic heterocycles. The zero-order valence-corrected chi connectivity index (χ0v) is 11.8. The van der Waals surface area contributed by atoms with Crippen LogP contribution in [0.3, 0.4) is 0 Å². The first kappa shape index (κ1) is 14.0. The summed E-state index contributed by atoms with van der Waals surface area (Å²) in [6.45, 7) is 0.559. The van der Waals surface area contributed by atoms with Crippen LogP contribution >= 0.6 is 23.2 Å². The van der Waals surface area contributed by atoms with E-state index in [9.17, 15) is 4.39 Å². The summed E-state index contributed by atoms with van der Waals surface area (Å²) in [5, 5.41) is 0.852. The molecular formula is C14H13Cl2FN2. The van der Waals surface area contributed by atoms with Crippen LogP contribution in [-0.2, 0) is 6.54 Å². The van der Waals surface area contributed by atoms with Gasteiger partial charge in [-0.2, -0.15) is 0 Å². The highest BCUT2D eigenvalue weighted by Crippen LogP contribution is 2.29. The molecule has 2 aromatic rings. The van der Waals surface area contributed by atoms with E-state index >= 15 is 0 Å². The largest absolute Gasteiger partial charge is 0.396 e. The van der Waals surface area contributed by atoms with Crippen LogP contribution in [0.1, 0.15) is 5.56 Å². The van der Waals surface area contributed by atoms with E-state index in [1.54, 1.807) is 18.2 Å². The lowest BCUT2D eigenvalue weighted by Crippen LogP contribution is -2.16. The van der Waals surface area contributed by atoms with Gasteiger partial charge in [0.05, 0.1) is 15.7 Å². The van der Waals surface area contributed by atoms with E-state index in [0.29, 0.717) is 22.3 Å². The summed E-state index contributed by atoms with van der Waals surface area (Å²) < 4.78 is 13.2. The fraction of sp³-hybridized carbons (Fsp3) is 0.143. The Labute approximate surface area is 121 Å². The van der Waals surface area contributed by atoms with Crippen molar-refractivity contribution in [3.05, 3.63) is 57.8 Å². The van der Waals surface area contributed by atoms with Crippen LogP contribution in [0.15, 0.2) is 36.4 Å². The Morgan fingerprint density at radius 2 is 1.79 bits per heavy atom. The molecule has 0 amide bonds. The Balaban J connectivity index is 2.21. The van der Waals surface area contributed by atoms with Crippen LogP contribution in [-0.4, -0.2) is 7.05 Å². The number of anilines is 2. The smallest absolute Gasteiger partial charge is 0.125 e. The molecular weight excluding hydrogens is 286 g/mol. The first-order chi connectivity index (χ1) is 8.97. The van der Waals surface area contributed by atoms with Crippen molar-refractivity contribution in [2.45, 2.75) is 6.54 Å². The lowest BCUT2D eigenvalue weighted by molar-refractivity contribution is 0.627. The van der Waals surface area contributed by atoms with Gasteiger partial charge in [-0.15, -0.1) is 0 Å². The van der Waals surface area contributed by atoms with E-state index in [4.69, 9.17) is 28.9 Å². The Morgan fingerprint density at radius 1 is 1.16 bits per heavy atom. The maximum atomic E-state index is 13.2. The van der Waals surface area contributed by atoms with Crippen LogP contribution in [0.4, 0.5) is 15.8 Å². The molecule has 0 spiro atoms. The number of rotatable bonds is 3. The average molecular weight is 299 g/mol. The molecule has 2 rings (SSSR count). The summed E-state index contributed by atoms with van der Waals surface area (Å²) in [5.74, 6) is -0.266. The first-order valence-electron chi connectivity index (χ1n) is 5.67. The fourth-order valence-corrected chi connectivity index (χ4v) is 2.34. The highest BCUT2D eigenvalue weighted by Gasteiger charge is 2.08. The minimum Gasteiger partial charge on any atom is -0.396 e. The van der Waals surface area contributed by atoms with Crippen LogP contribution in [0.2, 0.25) is 10.0 Å². The SMILES string of the molecule is CN(Cc1cc(Cl)c(N)c(Cl)c1)c1cccc(F)c1. The zero-order valence-electron chi connectivity index (χ0n) is 10.3. The highest BCUT2D eigenvalue weighted by molar-refractivity contribution is 6.38. The van der Waals surface area contributed by atoms with Gasteiger partial charge in [-0.25, -0.2) is 4.39 Å².